The second-order valence-electron chi connectivity index (χ2n) is 5.58. The van der Waals surface area contributed by atoms with Crippen LogP contribution in [0.15, 0.2) is 23.1 Å². The van der Waals surface area contributed by atoms with Gasteiger partial charge in [-0.15, -0.1) is 0 Å². The quantitative estimate of drug-likeness (QED) is 0.832. The SMILES string of the molecule is Nc1cc(F)ccc1S(=O)(=O)NC1CC2CCC1C2. The van der Waals surface area contributed by atoms with Crippen molar-refractivity contribution in [3.8, 4) is 0 Å². The summed E-state index contributed by atoms with van der Waals surface area (Å²) < 4.78 is 40.3. The lowest BCUT2D eigenvalue weighted by Crippen LogP contribution is -2.38. The molecule has 3 rings (SSSR count). The zero-order valence-corrected chi connectivity index (χ0v) is 11.3. The van der Waals surface area contributed by atoms with Gasteiger partial charge < -0.3 is 5.73 Å². The van der Waals surface area contributed by atoms with Crippen molar-refractivity contribution in [1.82, 2.24) is 4.72 Å². The Bertz CT molecular complexity index is 603. The van der Waals surface area contributed by atoms with Crippen molar-refractivity contribution >= 4 is 15.7 Å². The number of hydrogen-bond donors (Lipinski definition) is 2. The molecule has 1 aromatic rings. The number of nitrogens with one attached hydrogen (secondary N) is 1. The van der Waals surface area contributed by atoms with E-state index in [9.17, 15) is 12.8 Å². The third-order valence-electron chi connectivity index (χ3n) is 4.31. The Balaban J connectivity index is 1.83. The van der Waals surface area contributed by atoms with E-state index in [1.807, 2.05) is 0 Å². The first-order chi connectivity index (χ1) is 8.95. The molecule has 0 aromatic heterocycles. The molecule has 1 aromatic carbocycles. The van der Waals surface area contributed by atoms with Crippen molar-refractivity contribution in [3.05, 3.63) is 24.0 Å². The van der Waals surface area contributed by atoms with Crippen molar-refractivity contribution in [2.75, 3.05) is 5.73 Å². The van der Waals surface area contributed by atoms with Gasteiger partial charge in [0.2, 0.25) is 10.0 Å². The average molecular weight is 284 g/mol. The molecule has 104 valence electrons. The van der Waals surface area contributed by atoms with E-state index in [0.29, 0.717) is 11.8 Å². The number of hydrogen-bond acceptors (Lipinski definition) is 3. The number of anilines is 1. The highest BCUT2D eigenvalue weighted by molar-refractivity contribution is 7.89. The maximum atomic E-state index is 13.0. The van der Waals surface area contributed by atoms with Crippen molar-refractivity contribution in [2.45, 2.75) is 36.6 Å². The molecule has 0 amide bonds. The molecule has 0 spiro atoms. The summed E-state index contributed by atoms with van der Waals surface area (Å²) >= 11 is 0. The van der Waals surface area contributed by atoms with E-state index in [2.05, 4.69) is 4.72 Å². The van der Waals surface area contributed by atoms with Crippen LogP contribution in [0.4, 0.5) is 10.1 Å². The molecule has 2 aliphatic carbocycles. The van der Waals surface area contributed by atoms with Crippen LogP contribution in [0.2, 0.25) is 0 Å². The van der Waals surface area contributed by atoms with E-state index >= 15 is 0 Å². The summed E-state index contributed by atoms with van der Waals surface area (Å²) in [5.41, 5.74) is 5.55. The molecule has 0 aliphatic heterocycles. The number of fused-ring (bicyclic) bond motifs is 2. The number of halogens is 1. The van der Waals surface area contributed by atoms with Crippen molar-refractivity contribution in [3.63, 3.8) is 0 Å². The van der Waals surface area contributed by atoms with Gasteiger partial charge in [-0.25, -0.2) is 17.5 Å². The van der Waals surface area contributed by atoms with Crippen LogP contribution in [0, 0.1) is 17.7 Å². The lowest BCUT2D eigenvalue weighted by molar-refractivity contribution is 0.390. The molecular weight excluding hydrogens is 267 g/mol. The number of rotatable bonds is 3. The van der Waals surface area contributed by atoms with Gasteiger partial charge in [0.1, 0.15) is 10.7 Å². The molecule has 3 atom stereocenters. The molecule has 2 saturated carbocycles. The summed E-state index contributed by atoms with van der Waals surface area (Å²) in [5, 5.41) is 0. The predicted molar refractivity (Wildman–Crippen MR) is 70.4 cm³/mol. The molecule has 0 radical (unpaired) electrons. The fourth-order valence-corrected chi connectivity index (χ4v) is 4.85. The molecule has 2 aliphatic rings. The Labute approximate surface area is 112 Å². The fraction of sp³-hybridized carbons (Fsp3) is 0.538. The molecule has 6 heteroatoms. The van der Waals surface area contributed by atoms with E-state index < -0.39 is 15.8 Å². The predicted octanol–water partition coefficient (Wildman–Crippen LogP) is 1.87. The highest BCUT2D eigenvalue weighted by Gasteiger charge is 2.41. The number of benzene rings is 1. The second-order valence-corrected chi connectivity index (χ2v) is 7.27. The van der Waals surface area contributed by atoms with E-state index in [4.69, 9.17) is 5.73 Å². The zero-order chi connectivity index (χ0) is 13.6. The minimum atomic E-state index is -3.66. The molecule has 3 N–H and O–H groups in total. The second kappa shape index (κ2) is 4.45. The Morgan fingerprint density at radius 3 is 2.63 bits per heavy atom. The van der Waals surface area contributed by atoms with Crippen LogP contribution in [0.1, 0.15) is 25.7 Å². The summed E-state index contributed by atoms with van der Waals surface area (Å²) in [7, 11) is -3.66. The fourth-order valence-electron chi connectivity index (χ4n) is 3.42. The van der Waals surface area contributed by atoms with Crippen LogP contribution in [0.3, 0.4) is 0 Å². The highest BCUT2D eigenvalue weighted by Crippen LogP contribution is 2.44. The largest absolute Gasteiger partial charge is 0.398 e. The Morgan fingerprint density at radius 2 is 2.05 bits per heavy atom. The lowest BCUT2D eigenvalue weighted by Gasteiger charge is -2.23. The average Bonchev–Trinajstić information content (AvgIpc) is 2.89. The summed E-state index contributed by atoms with van der Waals surface area (Å²) in [6, 6.07) is 3.38. The minimum Gasteiger partial charge on any atom is -0.398 e. The summed E-state index contributed by atoms with van der Waals surface area (Å²) in [6.07, 6.45) is 4.33. The Morgan fingerprint density at radius 1 is 1.26 bits per heavy atom. The lowest BCUT2D eigenvalue weighted by atomic mass is 9.96. The van der Waals surface area contributed by atoms with E-state index in [1.54, 1.807) is 0 Å². The van der Waals surface area contributed by atoms with Crippen LogP contribution < -0.4 is 10.5 Å². The molecule has 3 unspecified atom stereocenters. The summed E-state index contributed by atoms with van der Waals surface area (Å²) in [6.45, 7) is 0. The Hall–Kier alpha value is -1.14. The van der Waals surface area contributed by atoms with Gasteiger partial charge in [0.15, 0.2) is 0 Å². The topological polar surface area (TPSA) is 72.2 Å². The van der Waals surface area contributed by atoms with Gasteiger partial charge in [-0.1, -0.05) is 6.42 Å². The standard InChI is InChI=1S/C13H17FN2O2S/c14-10-3-4-13(11(15)7-10)19(17,18)16-12-6-8-1-2-9(12)5-8/h3-4,7-9,12,16H,1-2,5-6,15H2. The smallest absolute Gasteiger partial charge is 0.242 e. The number of nitrogen functional groups attached to an aromatic ring is 1. The first-order valence-corrected chi connectivity index (χ1v) is 8.01. The molecule has 19 heavy (non-hydrogen) atoms. The van der Waals surface area contributed by atoms with E-state index in [1.165, 1.54) is 12.5 Å². The third kappa shape index (κ3) is 2.34. The van der Waals surface area contributed by atoms with Gasteiger partial charge in [0.05, 0.1) is 5.69 Å². The summed E-state index contributed by atoms with van der Waals surface area (Å²) in [4.78, 5) is -0.0309. The van der Waals surface area contributed by atoms with E-state index in [-0.39, 0.29) is 16.6 Å². The van der Waals surface area contributed by atoms with Crippen LogP contribution in [-0.2, 0) is 10.0 Å². The van der Waals surface area contributed by atoms with Gasteiger partial charge in [-0.3, -0.25) is 0 Å². The van der Waals surface area contributed by atoms with Crippen LogP contribution in [-0.4, -0.2) is 14.5 Å². The molecule has 4 nitrogen and oxygen atoms in total. The monoisotopic (exact) mass is 284 g/mol. The number of nitrogens with two attached hydrogens (primary N) is 1. The Kier molecular flexibility index (Phi) is 3.02. The zero-order valence-electron chi connectivity index (χ0n) is 10.5. The first kappa shape index (κ1) is 12.9. The summed E-state index contributed by atoms with van der Waals surface area (Å²) in [5.74, 6) is 0.570. The van der Waals surface area contributed by atoms with Crippen molar-refractivity contribution in [2.24, 2.45) is 11.8 Å². The molecular formula is C13H17FN2O2S. The van der Waals surface area contributed by atoms with Gasteiger partial charge in [-0.2, -0.15) is 0 Å². The van der Waals surface area contributed by atoms with Gasteiger partial charge in [0, 0.05) is 6.04 Å². The number of sulfonamides is 1. The van der Waals surface area contributed by atoms with Crippen molar-refractivity contribution < 1.29 is 12.8 Å². The highest BCUT2D eigenvalue weighted by atomic mass is 32.2. The first-order valence-electron chi connectivity index (χ1n) is 6.53. The molecule has 2 bridgehead atoms. The maximum absolute atomic E-state index is 13.0. The van der Waals surface area contributed by atoms with Crippen molar-refractivity contribution in [1.29, 1.82) is 0 Å². The molecule has 2 fully saturated rings. The van der Waals surface area contributed by atoms with Gasteiger partial charge in [0.25, 0.3) is 0 Å². The van der Waals surface area contributed by atoms with Crippen LogP contribution in [0.25, 0.3) is 0 Å². The van der Waals surface area contributed by atoms with Crippen LogP contribution >= 0.6 is 0 Å². The van der Waals surface area contributed by atoms with Crippen LogP contribution in [0.5, 0.6) is 0 Å². The molecule has 0 heterocycles. The third-order valence-corrected chi connectivity index (χ3v) is 5.87. The van der Waals surface area contributed by atoms with E-state index in [0.717, 1.165) is 31.4 Å². The molecule has 0 saturated heterocycles. The van der Waals surface area contributed by atoms with Gasteiger partial charge in [-0.05, 0) is 49.3 Å². The van der Waals surface area contributed by atoms with Gasteiger partial charge >= 0.3 is 0 Å². The minimum absolute atomic E-state index is 0.00760. The maximum Gasteiger partial charge on any atom is 0.242 e. The normalized spacial score (nSPS) is 29.8.